The molecule has 2 fully saturated rings. The number of nitro groups is 1. The van der Waals surface area contributed by atoms with Crippen molar-refractivity contribution in [2.75, 3.05) is 37.6 Å². The standard InChI is InChI=1S/C10H19NO2.C8H6N2O2.2C8H8N2.C5H11N.C5H5N.6C2H6/c1-10(2,3)13-9(12)11-7-5-4-6-8-11;11-10(12)7-1-2-8-6(5-7)3-4-9-8;2*9-7-1-2-8-6(5-7)3-4-10-8;2*1-2-4-6-5-3-1;6*1-2/h4-8H2,1-3H3;1-5,9H;2*1-5,10H,9H2;6H,1-5H2;1-5H;6*1-2H3. The van der Waals surface area contributed by atoms with Crippen LogP contribution in [0.2, 0.25) is 0 Å². The minimum Gasteiger partial charge on any atom is -0.444 e. The number of non-ortho nitro benzene ring substituents is 1. The number of aromatic nitrogens is 4. The van der Waals surface area contributed by atoms with Crippen LogP contribution in [-0.2, 0) is 4.74 Å². The number of nitrogen functional groups attached to an aromatic ring is 2. The molecule has 4 aromatic heterocycles. The quantitative estimate of drug-likeness (QED) is 0.0531. The number of likely N-dealkylation sites (tertiary alicyclic amines) is 1. The van der Waals surface area contributed by atoms with Crippen molar-refractivity contribution >= 4 is 55.9 Å². The van der Waals surface area contributed by atoms with Crippen molar-refractivity contribution in [3.63, 3.8) is 0 Å². The Bertz CT molecular complexity index is 2090. The number of H-pyrrole nitrogens is 3. The number of pyridine rings is 1. The van der Waals surface area contributed by atoms with Crippen LogP contribution in [0.15, 0.2) is 122 Å². The summed E-state index contributed by atoms with van der Waals surface area (Å²) in [5.74, 6) is 0. The lowest BCUT2D eigenvalue weighted by molar-refractivity contribution is -0.384. The van der Waals surface area contributed by atoms with E-state index in [9.17, 15) is 14.9 Å². The second-order valence-electron chi connectivity index (χ2n) is 14.5. The monoisotopic (exact) mass is 956 g/mol. The number of nitro benzene ring substituents is 1. The van der Waals surface area contributed by atoms with Crippen LogP contribution in [0.4, 0.5) is 21.9 Å². The number of anilines is 2. The van der Waals surface area contributed by atoms with Gasteiger partial charge in [0, 0.05) is 100 Å². The maximum atomic E-state index is 11.5. The average Bonchev–Trinajstić information content (AvgIpc) is 4.21. The van der Waals surface area contributed by atoms with Crippen LogP contribution in [0.25, 0.3) is 32.7 Å². The van der Waals surface area contributed by atoms with Crippen LogP contribution in [0.1, 0.15) is 142 Å². The molecular formula is C56H93N9O4. The molecule has 69 heavy (non-hydrogen) atoms. The minimum absolute atomic E-state index is 0.127. The zero-order valence-corrected chi connectivity index (χ0v) is 45.2. The molecule has 13 nitrogen and oxygen atoms in total. The summed E-state index contributed by atoms with van der Waals surface area (Å²) in [6.07, 6.45) is 16.6. The number of hydrogen-bond donors (Lipinski definition) is 6. The zero-order valence-electron chi connectivity index (χ0n) is 45.2. The number of ether oxygens (including phenoxy) is 1. The number of rotatable bonds is 1. The van der Waals surface area contributed by atoms with Crippen LogP contribution in [0, 0.1) is 10.1 Å². The third-order valence-corrected chi connectivity index (χ3v) is 8.68. The largest absolute Gasteiger partial charge is 0.444 e. The molecule has 1 amide bonds. The predicted octanol–water partition coefficient (Wildman–Crippen LogP) is 16.0. The maximum absolute atomic E-state index is 11.5. The smallest absolute Gasteiger partial charge is 0.410 e. The van der Waals surface area contributed by atoms with E-state index in [1.807, 2.05) is 189 Å². The Morgan fingerprint density at radius 1 is 0.580 bits per heavy atom. The van der Waals surface area contributed by atoms with E-state index in [1.54, 1.807) is 35.6 Å². The first-order chi connectivity index (χ1) is 33.5. The molecule has 9 rings (SSSR count). The molecule has 0 unspecified atom stereocenters. The van der Waals surface area contributed by atoms with Gasteiger partial charge < -0.3 is 41.4 Å². The van der Waals surface area contributed by atoms with E-state index in [4.69, 9.17) is 16.2 Å². The molecule has 0 aliphatic carbocycles. The number of benzene rings is 3. The molecule has 2 saturated heterocycles. The third kappa shape index (κ3) is 31.4. The van der Waals surface area contributed by atoms with Gasteiger partial charge >= 0.3 is 6.09 Å². The van der Waals surface area contributed by atoms with Crippen molar-refractivity contribution in [3.05, 3.63) is 132 Å². The first kappa shape index (κ1) is 66.9. The number of fused-ring (bicyclic) bond motifs is 3. The van der Waals surface area contributed by atoms with Gasteiger partial charge in [-0.15, -0.1) is 0 Å². The SMILES string of the molecule is C1CCNCC1.CC.CC.CC.CC.CC.CC.CC(C)(C)OC(=O)N1CCCCC1.Nc1ccc2[nH]ccc2c1.Nc1ccc2[nH]ccc2c1.O=[N+]([O-])c1ccc2[nH]ccc2c1.c1ccncc1. The summed E-state index contributed by atoms with van der Waals surface area (Å²) in [6.45, 7) is 33.9. The highest BCUT2D eigenvalue weighted by Crippen LogP contribution is 2.19. The highest BCUT2D eigenvalue weighted by Gasteiger charge is 2.23. The molecule has 0 saturated carbocycles. The number of nitrogens with zero attached hydrogens (tertiary/aromatic N) is 3. The van der Waals surface area contributed by atoms with Crippen LogP contribution >= 0.6 is 0 Å². The first-order valence-corrected chi connectivity index (χ1v) is 25.4. The van der Waals surface area contributed by atoms with Gasteiger partial charge in [-0.25, -0.2) is 4.79 Å². The van der Waals surface area contributed by atoms with Crippen molar-refractivity contribution in [3.8, 4) is 0 Å². The number of nitrogens with one attached hydrogen (secondary N) is 4. The van der Waals surface area contributed by atoms with Gasteiger partial charge in [0.05, 0.1) is 4.92 Å². The number of carbonyl (C=O) groups is 1. The highest BCUT2D eigenvalue weighted by molar-refractivity contribution is 5.83. The topological polar surface area (TPSA) is 197 Å². The summed E-state index contributed by atoms with van der Waals surface area (Å²) in [5.41, 5.74) is 15.7. The molecule has 0 atom stereocenters. The normalized spacial score (nSPS) is 11.6. The predicted molar refractivity (Wildman–Crippen MR) is 301 cm³/mol. The lowest BCUT2D eigenvalue weighted by atomic mass is 10.1. The second kappa shape index (κ2) is 44.2. The van der Waals surface area contributed by atoms with E-state index in [1.165, 1.54) is 55.6 Å². The fraction of sp³-hybridized carbons (Fsp3) is 0.464. The number of aromatic amines is 3. The summed E-state index contributed by atoms with van der Waals surface area (Å²) in [5, 5.41) is 16.8. The van der Waals surface area contributed by atoms with Crippen molar-refractivity contribution in [2.24, 2.45) is 0 Å². The van der Waals surface area contributed by atoms with E-state index in [2.05, 4.69) is 25.3 Å². The van der Waals surface area contributed by atoms with E-state index in [-0.39, 0.29) is 17.4 Å². The molecule has 0 spiro atoms. The lowest BCUT2D eigenvalue weighted by Crippen LogP contribution is -2.39. The average molecular weight is 956 g/mol. The Morgan fingerprint density at radius 2 is 0.971 bits per heavy atom. The summed E-state index contributed by atoms with van der Waals surface area (Å²) < 4.78 is 5.26. The van der Waals surface area contributed by atoms with Gasteiger partial charge in [0.2, 0.25) is 0 Å². The lowest BCUT2D eigenvalue weighted by Gasteiger charge is -2.29. The third-order valence-electron chi connectivity index (χ3n) is 8.68. The number of amides is 1. The van der Waals surface area contributed by atoms with Gasteiger partial charge in [0.25, 0.3) is 5.69 Å². The minimum atomic E-state index is -0.396. The molecule has 386 valence electrons. The van der Waals surface area contributed by atoms with E-state index < -0.39 is 4.92 Å². The molecule has 2 aliphatic rings. The van der Waals surface area contributed by atoms with Crippen LogP contribution in [-0.4, -0.2) is 67.6 Å². The van der Waals surface area contributed by atoms with E-state index in [0.717, 1.165) is 59.2 Å². The Kier molecular flexibility index (Phi) is 42.9. The Morgan fingerprint density at radius 3 is 1.29 bits per heavy atom. The zero-order chi connectivity index (χ0) is 52.9. The Hall–Kier alpha value is -6.34. The van der Waals surface area contributed by atoms with Crippen LogP contribution in [0.5, 0.6) is 0 Å². The molecular weight excluding hydrogens is 863 g/mol. The summed E-state index contributed by atoms with van der Waals surface area (Å²) in [4.78, 5) is 36.2. The van der Waals surface area contributed by atoms with E-state index >= 15 is 0 Å². The van der Waals surface area contributed by atoms with Crippen molar-refractivity contribution in [1.82, 2.24) is 30.2 Å². The highest BCUT2D eigenvalue weighted by atomic mass is 16.6. The molecule has 7 aromatic rings. The molecule has 8 N–H and O–H groups in total. The second-order valence-corrected chi connectivity index (χ2v) is 14.5. The molecule has 6 heterocycles. The van der Waals surface area contributed by atoms with Crippen molar-refractivity contribution in [1.29, 1.82) is 0 Å². The van der Waals surface area contributed by atoms with Gasteiger partial charge in [-0.1, -0.05) is 95.6 Å². The maximum Gasteiger partial charge on any atom is 0.410 e. The van der Waals surface area contributed by atoms with Gasteiger partial charge in [-0.2, -0.15) is 0 Å². The Balaban J connectivity index is -0.000000735. The molecule has 3 aromatic carbocycles. The Labute approximate surface area is 416 Å². The molecule has 0 bridgehead atoms. The van der Waals surface area contributed by atoms with Crippen molar-refractivity contribution in [2.45, 2.75) is 148 Å². The number of hydrogen-bond acceptors (Lipinski definition) is 8. The summed E-state index contributed by atoms with van der Waals surface area (Å²) in [7, 11) is 0. The molecule has 0 radical (unpaired) electrons. The summed E-state index contributed by atoms with van der Waals surface area (Å²) >= 11 is 0. The van der Waals surface area contributed by atoms with Gasteiger partial charge in [0.15, 0.2) is 0 Å². The van der Waals surface area contributed by atoms with Gasteiger partial charge in [-0.05, 0) is 139 Å². The van der Waals surface area contributed by atoms with E-state index in [0.29, 0.717) is 0 Å². The molecule has 13 heteroatoms. The number of piperidine rings is 2. The fourth-order valence-corrected chi connectivity index (χ4v) is 5.82. The number of carbonyl (C=O) groups excluding carboxylic acids is 1. The van der Waals surface area contributed by atoms with Crippen LogP contribution < -0.4 is 16.8 Å². The summed E-state index contributed by atoms with van der Waals surface area (Å²) in [6, 6.07) is 27.9. The number of nitrogens with two attached hydrogens (primary N) is 2. The first-order valence-electron chi connectivity index (χ1n) is 25.4. The van der Waals surface area contributed by atoms with Gasteiger partial charge in [-0.3, -0.25) is 15.1 Å². The van der Waals surface area contributed by atoms with Crippen molar-refractivity contribution < 1.29 is 14.5 Å². The molecule has 2 aliphatic heterocycles. The van der Waals surface area contributed by atoms with Gasteiger partial charge in [0.1, 0.15) is 5.60 Å². The van der Waals surface area contributed by atoms with Crippen LogP contribution in [0.3, 0.4) is 0 Å². The fourth-order valence-electron chi connectivity index (χ4n) is 5.82.